The topological polar surface area (TPSA) is 79.3 Å². The van der Waals surface area contributed by atoms with Crippen LogP contribution in [0.25, 0.3) is 0 Å². The highest BCUT2D eigenvalue weighted by molar-refractivity contribution is 5.80. The largest absolute Gasteiger partial charge is 0.493 e. The van der Waals surface area contributed by atoms with Crippen molar-refractivity contribution in [2.24, 2.45) is 0 Å². The van der Waals surface area contributed by atoms with Gasteiger partial charge in [-0.15, -0.1) is 0 Å². The Morgan fingerprint density at radius 3 is 2.33 bits per heavy atom. The molecule has 24 heavy (non-hydrogen) atoms. The van der Waals surface area contributed by atoms with Gasteiger partial charge in [0.1, 0.15) is 6.04 Å². The van der Waals surface area contributed by atoms with E-state index in [9.17, 15) is 9.59 Å². The van der Waals surface area contributed by atoms with E-state index in [1.54, 1.807) is 39.2 Å². The van der Waals surface area contributed by atoms with Crippen LogP contribution in [-0.2, 0) is 16.1 Å². The first-order chi connectivity index (χ1) is 11.3. The molecule has 0 aliphatic heterocycles. The number of carboxylic acid groups (broad SMARTS) is 1. The molecule has 1 rings (SSSR count). The number of benzene rings is 1. The number of hydrogen-bond donors (Lipinski definition) is 1. The number of hydrogen-bond acceptors (Lipinski definition) is 5. The maximum Gasteiger partial charge on any atom is 0.320 e. The van der Waals surface area contributed by atoms with Gasteiger partial charge in [-0.05, 0) is 38.6 Å². The van der Waals surface area contributed by atoms with E-state index in [0.29, 0.717) is 24.6 Å². The quantitative estimate of drug-likeness (QED) is 0.734. The minimum Gasteiger partial charge on any atom is -0.493 e. The van der Waals surface area contributed by atoms with Gasteiger partial charge in [0.2, 0.25) is 5.91 Å². The highest BCUT2D eigenvalue weighted by Crippen LogP contribution is 2.28. The number of carboxylic acids is 1. The van der Waals surface area contributed by atoms with Crippen LogP contribution in [0.15, 0.2) is 18.2 Å². The molecule has 0 saturated carbocycles. The summed E-state index contributed by atoms with van der Waals surface area (Å²) in [4.78, 5) is 26.6. The molecule has 0 spiro atoms. The van der Waals surface area contributed by atoms with E-state index >= 15 is 0 Å². The second-order valence-corrected chi connectivity index (χ2v) is 5.53. The van der Waals surface area contributed by atoms with Gasteiger partial charge in [-0.2, -0.15) is 0 Å². The molecule has 1 aromatic carbocycles. The van der Waals surface area contributed by atoms with Crippen molar-refractivity contribution >= 4 is 11.9 Å². The van der Waals surface area contributed by atoms with Crippen LogP contribution in [0.5, 0.6) is 11.5 Å². The number of carbonyl (C=O) groups is 2. The molecule has 1 atom stereocenters. The van der Waals surface area contributed by atoms with Crippen molar-refractivity contribution in [2.45, 2.75) is 26.4 Å². The standard InChI is InChI=1S/C17H26N2O5/c1-6-19(16(20)11-18(3)12(2)17(21)22)10-13-7-8-14(23-4)15(9-13)24-5/h7-9,12H,6,10-11H2,1-5H3,(H,21,22). The van der Waals surface area contributed by atoms with Gasteiger partial charge in [-0.1, -0.05) is 6.07 Å². The number of aliphatic carboxylic acids is 1. The predicted molar refractivity (Wildman–Crippen MR) is 90.4 cm³/mol. The maximum atomic E-state index is 12.4. The van der Waals surface area contributed by atoms with Crippen LogP contribution in [0.2, 0.25) is 0 Å². The summed E-state index contributed by atoms with van der Waals surface area (Å²) in [6.45, 7) is 4.45. The Morgan fingerprint density at radius 2 is 1.83 bits per heavy atom. The van der Waals surface area contributed by atoms with Crippen molar-refractivity contribution in [3.05, 3.63) is 23.8 Å². The van der Waals surface area contributed by atoms with Crippen molar-refractivity contribution in [1.82, 2.24) is 9.80 Å². The van der Waals surface area contributed by atoms with Gasteiger partial charge in [0.05, 0.1) is 20.8 Å². The maximum absolute atomic E-state index is 12.4. The zero-order valence-corrected chi connectivity index (χ0v) is 14.9. The number of methoxy groups -OCH3 is 2. The molecule has 1 unspecified atom stereocenters. The van der Waals surface area contributed by atoms with Gasteiger partial charge in [0, 0.05) is 13.1 Å². The molecule has 1 aromatic rings. The fourth-order valence-electron chi connectivity index (χ4n) is 2.21. The summed E-state index contributed by atoms with van der Waals surface area (Å²) in [5.74, 6) is 0.164. The van der Waals surface area contributed by atoms with Crippen LogP contribution in [0.4, 0.5) is 0 Å². The van der Waals surface area contributed by atoms with E-state index in [1.165, 1.54) is 4.90 Å². The van der Waals surface area contributed by atoms with E-state index in [-0.39, 0.29) is 12.5 Å². The molecule has 0 bridgehead atoms. The van der Waals surface area contributed by atoms with Crippen molar-refractivity contribution < 1.29 is 24.2 Å². The van der Waals surface area contributed by atoms with E-state index < -0.39 is 12.0 Å². The number of amides is 1. The van der Waals surface area contributed by atoms with Crippen LogP contribution in [-0.4, -0.2) is 67.2 Å². The second-order valence-electron chi connectivity index (χ2n) is 5.53. The summed E-state index contributed by atoms with van der Waals surface area (Å²) in [5, 5.41) is 9.01. The summed E-state index contributed by atoms with van der Waals surface area (Å²) in [7, 11) is 4.76. The first kappa shape index (κ1) is 19.8. The van der Waals surface area contributed by atoms with Gasteiger partial charge < -0.3 is 19.5 Å². The molecule has 1 N–H and O–H groups in total. The molecule has 1 amide bonds. The zero-order chi connectivity index (χ0) is 18.3. The number of nitrogens with zero attached hydrogens (tertiary/aromatic N) is 2. The summed E-state index contributed by atoms with van der Waals surface area (Å²) in [5.41, 5.74) is 0.914. The fourth-order valence-corrected chi connectivity index (χ4v) is 2.21. The Balaban J connectivity index is 2.79. The number of ether oxygens (including phenoxy) is 2. The minimum absolute atomic E-state index is 0.0502. The molecule has 7 heteroatoms. The lowest BCUT2D eigenvalue weighted by molar-refractivity contribution is -0.143. The van der Waals surface area contributed by atoms with Gasteiger partial charge in [-0.3, -0.25) is 14.5 Å². The first-order valence-electron chi connectivity index (χ1n) is 7.75. The molecule has 0 aromatic heterocycles. The van der Waals surface area contributed by atoms with E-state index in [2.05, 4.69) is 0 Å². The molecule has 0 aliphatic carbocycles. The van der Waals surface area contributed by atoms with Crippen LogP contribution in [0.1, 0.15) is 19.4 Å². The Bertz CT molecular complexity index is 576. The summed E-state index contributed by atoms with van der Waals surface area (Å²) >= 11 is 0. The average molecular weight is 338 g/mol. The third kappa shape index (κ3) is 5.13. The molecule has 7 nitrogen and oxygen atoms in total. The van der Waals surface area contributed by atoms with Crippen LogP contribution >= 0.6 is 0 Å². The minimum atomic E-state index is -0.951. The van der Waals surface area contributed by atoms with Crippen molar-refractivity contribution in [3.63, 3.8) is 0 Å². The van der Waals surface area contributed by atoms with Gasteiger partial charge >= 0.3 is 5.97 Å². The first-order valence-corrected chi connectivity index (χ1v) is 7.75. The van der Waals surface area contributed by atoms with Gasteiger partial charge in [0.25, 0.3) is 0 Å². The number of carbonyl (C=O) groups excluding carboxylic acids is 1. The van der Waals surface area contributed by atoms with Crippen molar-refractivity contribution in [2.75, 3.05) is 34.4 Å². The average Bonchev–Trinajstić information content (AvgIpc) is 2.58. The van der Waals surface area contributed by atoms with Crippen molar-refractivity contribution in [1.29, 1.82) is 0 Å². The number of rotatable bonds is 9. The molecule has 0 heterocycles. The summed E-state index contributed by atoms with van der Waals surface area (Å²) in [6.07, 6.45) is 0. The highest BCUT2D eigenvalue weighted by Gasteiger charge is 2.22. The van der Waals surface area contributed by atoms with Crippen LogP contribution in [0, 0.1) is 0 Å². The lowest BCUT2D eigenvalue weighted by Crippen LogP contribution is -2.44. The van der Waals surface area contributed by atoms with Crippen LogP contribution in [0.3, 0.4) is 0 Å². The van der Waals surface area contributed by atoms with E-state index in [0.717, 1.165) is 5.56 Å². The van der Waals surface area contributed by atoms with Gasteiger partial charge in [0.15, 0.2) is 11.5 Å². The normalized spacial score (nSPS) is 11.9. The smallest absolute Gasteiger partial charge is 0.320 e. The van der Waals surface area contributed by atoms with Crippen LogP contribution < -0.4 is 9.47 Å². The third-order valence-electron chi connectivity index (χ3n) is 3.96. The molecule has 134 valence electrons. The molecular weight excluding hydrogens is 312 g/mol. The Labute approximate surface area is 142 Å². The summed E-state index contributed by atoms with van der Waals surface area (Å²) in [6, 6.07) is 4.79. The fraction of sp³-hybridized carbons (Fsp3) is 0.529. The van der Waals surface area contributed by atoms with E-state index in [1.807, 2.05) is 19.1 Å². The van der Waals surface area contributed by atoms with Gasteiger partial charge in [-0.25, -0.2) is 0 Å². The summed E-state index contributed by atoms with van der Waals surface area (Å²) < 4.78 is 10.5. The molecule has 0 fully saturated rings. The predicted octanol–water partition coefficient (Wildman–Crippen LogP) is 1.46. The zero-order valence-electron chi connectivity index (χ0n) is 14.9. The number of likely N-dealkylation sites (N-methyl/N-ethyl adjacent to an activating group) is 2. The monoisotopic (exact) mass is 338 g/mol. The Kier molecular flexibility index (Phi) is 7.51. The Morgan fingerprint density at radius 1 is 1.21 bits per heavy atom. The van der Waals surface area contributed by atoms with Crippen molar-refractivity contribution in [3.8, 4) is 11.5 Å². The van der Waals surface area contributed by atoms with E-state index in [4.69, 9.17) is 14.6 Å². The molecule has 0 radical (unpaired) electrons. The third-order valence-corrected chi connectivity index (χ3v) is 3.96. The Hall–Kier alpha value is -2.28. The highest BCUT2D eigenvalue weighted by atomic mass is 16.5. The molecule has 0 saturated heterocycles. The lowest BCUT2D eigenvalue weighted by Gasteiger charge is -2.26. The second kappa shape index (κ2) is 9.12. The molecular formula is C17H26N2O5. The molecule has 0 aliphatic rings. The SMILES string of the molecule is CCN(Cc1ccc(OC)c(OC)c1)C(=O)CN(C)C(C)C(=O)O. The lowest BCUT2D eigenvalue weighted by atomic mass is 10.2.